The fourth-order valence-electron chi connectivity index (χ4n) is 2.38. The lowest BCUT2D eigenvalue weighted by Gasteiger charge is -2.17. The number of hydrogen-bond acceptors (Lipinski definition) is 4. The zero-order valence-electron chi connectivity index (χ0n) is 12.6. The first kappa shape index (κ1) is 15.9. The fourth-order valence-corrected chi connectivity index (χ4v) is 2.38. The van der Waals surface area contributed by atoms with Crippen LogP contribution in [-0.2, 0) is 11.2 Å². The molecule has 1 unspecified atom stereocenters. The largest absolute Gasteiger partial charge is 0.496 e. The van der Waals surface area contributed by atoms with Gasteiger partial charge in [0.05, 0.1) is 19.8 Å². The predicted octanol–water partition coefficient (Wildman–Crippen LogP) is 2.33. The molecule has 2 rings (SSSR count). The number of carbonyl (C=O) groups is 1. The highest BCUT2D eigenvalue weighted by Crippen LogP contribution is 2.40. The van der Waals surface area contributed by atoms with E-state index in [4.69, 9.17) is 20.3 Å². The summed E-state index contributed by atoms with van der Waals surface area (Å²) in [6, 6.07) is 12.1. The van der Waals surface area contributed by atoms with Gasteiger partial charge >= 0.3 is 5.97 Å². The quantitative estimate of drug-likeness (QED) is 0.855. The Bertz CT molecular complexity index is 647. The molecule has 5 heteroatoms. The third-order valence-electron chi connectivity index (χ3n) is 3.47. The van der Waals surface area contributed by atoms with Crippen LogP contribution in [0.5, 0.6) is 11.5 Å². The van der Waals surface area contributed by atoms with E-state index in [0.29, 0.717) is 11.5 Å². The Morgan fingerprint density at radius 2 is 1.68 bits per heavy atom. The van der Waals surface area contributed by atoms with E-state index >= 15 is 0 Å². The van der Waals surface area contributed by atoms with Crippen molar-refractivity contribution in [3.05, 3.63) is 48.0 Å². The molecule has 0 aliphatic carbocycles. The van der Waals surface area contributed by atoms with E-state index < -0.39 is 12.0 Å². The van der Waals surface area contributed by atoms with Crippen LogP contribution in [0, 0.1) is 0 Å². The van der Waals surface area contributed by atoms with E-state index in [1.54, 1.807) is 14.2 Å². The summed E-state index contributed by atoms with van der Waals surface area (Å²) >= 11 is 0. The molecule has 0 aliphatic rings. The average Bonchev–Trinajstić information content (AvgIpc) is 2.54. The molecule has 2 aromatic carbocycles. The zero-order valence-corrected chi connectivity index (χ0v) is 12.6. The molecule has 0 bridgehead atoms. The molecule has 116 valence electrons. The highest BCUT2D eigenvalue weighted by Gasteiger charge is 2.19. The lowest BCUT2D eigenvalue weighted by molar-refractivity contribution is -0.138. The molecule has 0 saturated heterocycles. The smallest absolute Gasteiger partial charge is 0.320 e. The molecule has 5 nitrogen and oxygen atoms in total. The number of carboxylic acid groups (broad SMARTS) is 1. The summed E-state index contributed by atoms with van der Waals surface area (Å²) in [5, 5.41) is 9.03. The summed E-state index contributed by atoms with van der Waals surface area (Å²) in [5.41, 5.74) is 8.16. The van der Waals surface area contributed by atoms with Gasteiger partial charge in [-0.3, -0.25) is 4.79 Å². The Morgan fingerprint density at radius 3 is 2.23 bits per heavy atom. The molecule has 0 aromatic heterocycles. The number of ether oxygens (including phenoxy) is 2. The third kappa shape index (κ3) is 3.20. The van der Waals surface area contributed by atoms with Gasteiger partial charge < -0.3 is 20.3 Å². The van der Waals surface area contributed by atoms with Crippen LogP contribution in [0.25, 0.3) is 11.1 Å². The van der Waals surface area contributed by atoms with E-state index in [0.717, 1.165) is 16.7 Å². The Labute approximate surface area is 129 Å². The minimum atomic E-state index is -1.03. The molecule has 0 spiro atoms. The van der Waals surface area contributed by atoms with E-state index in [2.05, 4.69) is 0 Å². The topological polar surface area (TPSA) is 81.8 Å². The lowest BCUT2D eigenvalue weighted by Crippen LogP contribution is -2.32. The summed E-state index contributed by atoms with van der Waals surface area (Å²) in [7, 11) is 3.17. The minimum Gasteiger partial charge on any atom is -0.496 e. The van der Waals surface area contributed by atoms with Gasteiger partial charge in [-0.25, -0.2) is 0 Å². The maximum Gasteiger partial charge on any atom is 0.320 e. The van der Waals surface area contributed by atoms with Gasteiger partial charge in [-0.1, -0.05) is 30.3 Å². The Balaban J connectivity index is 2.56. The molecule has 0 radical (unpaired) electrons. The van der Waals surface area contributed by atoms with Crippen molar-refractivity contribution in [1.82, 2.24) is 0 Å². The molecule has 0 fully saturated rings. The summed E-state index contributed by atoms with van der Waals surface area (Å²) in [6.07, 6.45) is 0.229. The standard InChI is InChI=1S/C17H19NO4/c1-21-14-8-5-9-15(22-2)16(14)12-7-4-3-6-11(12)10-13(18)17(19)20/h3-9,13H,10,18H2,1-2H3,(H,19,20). The fraction of sp³-hybridized carbons (Fsp3) is 0.235. The highest BCUT2D eigenvalue weighted by atomic mass is 16.5. The monoisotopic (exact) mass is 301 g/mol. The Kier molecular flexibility index (Phi) is 5.01. The van der Waals surface area contributed by atoms with Crippen molar-refractivity contribution in [1.29, 1.82) is 0 Å². The van der Waals surface area contributed by atoms with Gasteiger partial charge in [0, 0.05) is 0 Å². The minimum absolute atomic E-state index is 0.229. The lowest BCUT2D eigenvalue weighted by atomic mass is 9.94. The van der Waals surface area contributed by atoms with Crippen LogP contribution in [0.2, 0.25) is 0 Å². The summed E-state index contributed by atoms with van der Waals surface area (Å²) in [4.78, 5) is 11.0. The van der Waals surface area contributed by atoms with Gasteiger partial charge in [0.15, 0.2) is 0 Å². The van der Waals surface area contributed by atoms with Gasteiger partial charge in [0.1, 0.15) is 17.5 Å². The van der Waals surface area contributed by atoms with Crippen LogP contribution < -0.4 is 15.2 Å². The van der Waals surface area contributed by atoms with Crippen molar-refractivity contribution in [2.24, 2.45) is 5.73 Å². The van der Waals surface area contributed by atoms with E-state index in [-0.39, 0.29) is 6.42 Å². The first-order chi connectivity index (χ1) is 10.6. The predicted molar refractivity (Wildman–Crippen MR) is 84.3 cm³/mol. The number of aliphatic carboxylic acids is 1. The van der Waals surface area contributed by atoms with Crippen LogP contribution in [0.4, 0.5) is 0 Å². The van der Waals surface area contributed by atoms with Gasteiger partial charge in [0.2, 0.25) is 0 Å². The molecule has 0 heterocycles. The molecule has 2 aromatic rings. The summed E-state index contributed by atoms with van der Waals surface area (Å²) in [6.45, 7) is 0. The number of nitrogens with two attached hydrogens (primary N) is 1. The highest BCUT2D eigenvalue weighted by molar-refractivity contribution is 5.80. The first-order valence-electron chi connectivity index (χ1n) is 6.86. The number of carboxylic acids is 1. The van der Waals surface area contributed by atoms with Gasteiger partial charge in [-0.05, 0) is 29.7 Å². The Hall–Kier alpha value is -2.53. The SMILES string of the molecule is COc1cccc(OC)c1-c1ccccc1CC(N)C(=O)O. The van der Waals surface area contributed by atoms with E-state index in [9.17, 15) is 4.79 Å². The second-order valence-corrected chi connectivity index (χ2v) is 4.84. The molecular weight excluding hydrogens is 282 g/mol. The molecular formula is C17H19NO4. The summed E-state index contributed by atoms with van der Waals surface area (Å²) < 4.78 is 10.8. The van der Waals surface area contributed by atoms with E-state index in [1.165, 1.54) is 0 Å². The number of hydrogen-bond donors (Lipinski definition) is 2. The van der Waals surface area contributed by atoms with E-state index in [1.807, 2.05) is 42.5 Å². The maximum absolute atomic E-state index is 11.0. The molecule has 0 saturated carbocycles. The van der Waals surface area contributed by atoms with Gasteiger partial charge in [-0.15, -0.1) is 0 Å². The molecule has 1 atom stereocenters. The molecule has 22 heavy (non-hydrogen) atoms. The van der Waals surface area contributed by atoms with Gasteiger partial charge in [0.25, 0.3) is 0 Å². The second kappa shape index (κ2) is 6.95. The van der Waals surface area contributed by atoms with Crippen molar-refractivity contribution in [3.63, 3.8) is 0 Å². The van der Waals surface area contributed by atoms with Gasteiger partial charge in [-0.2, -0.15) is 0 Å². The number of benzene rings is 2. The van der Waals surface area contributed by atoms with Crippen molar-refractivity contribution in [3.8, 4) is 22.6 Å². The molecule has 0 amide bonds. The van der Waals surface area contributed by atoms with Crippen LogP contribution in [0.1, 0.15) is 5.56 Å². The van der Waals surface area contributed by atoms with Crippen molar-refractivity contribution in [2.75, 3.05) is 14.2 Å². The first-order valence-corrected chi connectivity index (χ1v) is 6.86. The molecule has 0 aliphatic heterocycles. The molecule has 3 N–H and O–H groups in total. The third-order valence-corrected chi connectivity index (χ3v) is 3.47. The number of methoxy groups -OCH3 is 2. The van der Waals surface area contributed by atoms with Crippen molar-refractivity contribution in [2.45, 2.75) is 12.5 Å². The van der Waals surface area contributed by atoms with Crippen molar-refractivity contribution >= 4 is 5.97 Å². The second-order valence-electron chi connectivity index (χ2n) is 4.84. The van der Waals surface area contributed by atoms with Crippen LogP contribution in [0.15, 0.2) is 42.5 Å². The zero-order chi connectivity index (χ0) is 16.1. The average molecular weight is 301 g/mol. The summed E-state index contributed by atoms with van der Waals surface area (Å²) in [5.74, 6) is 0.299. The Morgan fingerprint density at radius 1 is 1.09 bits per heavy atom. The van der Waals surface area contributed by atoms with Crippen LogP contribution in [0.3, 0.4) is 0 Å². The normalized spacial score (nSPS) is 11.8. The van der Waals surface area contributed by atoms with Crippen LogP contribution >= 0.6 is 0 Å². The maximum atomic E-state index is 11.0. The van der Waals surface area contributed by atoms with Crippen LogP contribution in [-0.4, -0.2) is 31.3 Å². The number of rotatable bonds is 6. The van der Waals surface area contributed by atoms with Crippen molar-refractivity contribution < 1.29 is 19.4 Å².